The summed E-state index contributed by atoms with van der Waals surface area (Å²) in [6.07, 6.45) is 3.67. The third kappa shape index (κ3) is 6.34. The van der Waals surface area contributed by atoms with E-state index in [2.05, 4.69) is 41.5 Å². The van der Waals surface area contributed by atoms with Crippen molar-refractivity contribution in [1.82, 2.24) is 0 Å². The predicted molar refractivity (Wildman–Crippen MR) is 120 cm³/mol. The van der Waals surface area contributed by atoms with E-state index in [9.17, 15) is 9.59 Å². The highest BCUT2D eigenvalue weighted by molar-refractivity contribution is 5.93. The summed E-state index contributed by atoms with van der Waals surface area (Å²) in [4.78, 5) is 26.6. The number of rotatable bonds is 8. The topological polar surface area (TPSA) is 61.4 Å². The Morgan fingerprint density at radius 1 is 0.828 bits per heavy atom. The van der Waals surface area contributed by atoms with Gasteiger partial charge in [-0.25, -0.2) is 0 Å². The van der Waals surface area contributed by atoms with Crippen LogP contribution in [0.5, 0.6) is 0 Å². The number of carbonyl (C=O) groups excluding carboxylic acids is 2. The van der Waals surface area contributed by atoms with Crippen LogP contribution in [-0.4, -0.2) is 24.9 Å². The lowest BCUT2D eigenvalue weighted by Gasteiger charge is -2.17. The third-order valence-corrected chi connectivity index (χ3v) is 5.29. The number of amides is 2. The maximum atomic E-state index is 12.1. The Hall–Kier alpha value is -2.82. The van der Waals surface area contributed by atoms with Crippen molar-refractivity contribution in [3.63, 3.8) is 0 Å². The van der Waals surface area contributed by atoms with Crippen molar-refractivity contribution in [1.29, 1.82) is 0 Å². The Morgan fingerprint density at radius 3 is 1.79 bits per heavy atom. The number of anilines is 3. The van der Waals surface area contributed by atoms with E-state index in [0.717, 1.165) is 24.5 Å². The Morgan fingerprint density at radius 2 is 1.31 bits per heavy atom. The summed E-state index contributed by atoms with van der Waals surface area (Å²) < 4.78 is 0. The molecule has 0 saturated carbocycles. The summed E-state index contributed by atoms with van der Waals surface area (Å²) in [5.41, 5.74) is 4.04. The van der Waals surface area contributed by atoms with E-state index >= 15 is 0 Å². The molecular weight excluding hydrogens is 362 g/mol. The largest absolute Gasteiger partial charge is 0.372 e. The number of hydrogen-bond acceptors (Lipinski definition) is 3. The molecular formula is C24H31N3O2. The Bertz CT molecular complexity index is 807. The molecule has 2 aromatic rings. The van der Waals surface area contributed by atoms with Gasteiger partial charge in [-0.3, -0.25) is 9.59 Å². The Balaban J connectivity index is 1.37. The smallest absolute Gasteiger partial charge is 0.224 e. The molecule has 2 N–H and O–H groups in total. The quantitative estimate of drug-likeness (QED) is 0.651. The van der Waals surface area contributed by atoms with Crippen LogP contribution in [0, 0.1) is 0 Å². The van der Waals surface area contributed by atoms with Crippen LogP contribution in [-0.2, 0) is 9.59 Å². The van der Waals surface area contributed by atoms with Crippen LogP contribution in [0.3, 0.4) is 0 Å². The molecule has 0 atom stereocenters. The summed E-state index contributed by atoms with van der Waals surface area (Å²) >= 11 is 0. The van der Waals surface area contributed by atoms with Gasteiger partial charge in [0.05, 0.1) is 0 Å². The number of benzene rings is 2. The van der Waals surface area contributed by atoms with E-state index < -0.39 is 0 Å². The molecule has 0 unspecified atom stereocenters. The molecule has 0 radical (unpaired) electrons. The minimum atomic E-state index is -0.0648. The molecule has 1 fully saturated rings. The van der Waals surface area contributed by atoms with Gasteiger partial charge in [0, 0.05) is 43.0 Å². The van der Waals surface area contributed by atoms with Gasteiger partial charge in [0.15, 0.2) is 0 Å². The van der Waals surface area contributed by atoms with Crippen LogP contribution in [0.2, 0.25) is 0 Å². The second-order valence-corrected chi connectivity index (χ2v) is 7.97. The van der Waals surface area contributed by atoms with E-state index in [1.807, 2.05) is 36.4 Å². The molecule has 154 valence electrons. The van der Waals surface area contributed by atoms with Crippen molar-refractivity contribution < 1.29 is 9.59 Å². The molecule has 2 aromatic carbocycles. The average Bonchev–Trinajstić information content (AvgIpc) is 3.24. The molecule has 2 amide bonds. The number of nitrogens with one attached hydrogen (secondary N) is 2. The molecule has 1 aliphatic heterocycles. The molecule has 5 heteroatoms. The summed E-state index contributed by atoms with van der Waals surface area (Å²) in [5.74, 6) is 0.341. The van der Waals surface area contributed by atoms with Crippen molar-refractivity contribution in [2.75, 3.05) is 28.6 Å². The van der Waals surface area contributed by atoms with Gasteiger partial charge < -0.3 is 15.5 Å². The van der Waals surface area contributed by atoms with Gasteiger partial charge in [-0.2, -0.15) is 0 Å². The SMILES string of the molecule is CC(C)c1ccc(NC(=O)CCCC(=O)Nc2ccc(N3CCCC3)cc2)cc1. The van der Waals surface area contributed by atoms with Crippen LogP contribution >= 0.6 is 0 Å². The second kappa shape index (κ2) is 10.1. The highest BCUT2D eigenvalue weighted by Crippen LogP contribution is 2.22. The molecule has 1 aliphatic rings. The zero-order chi connectivity index (χ0) is 20.6. The van der Waals surface area contributed by atoms with Gasteiger partial charge in [-0.1, -0.05) is 26.0 Å². The summed E-state index contributed by atoms with van der Waals surface area (Å²) in [6, 6.07) is 15.9. The molecule has 0 aliphatic carbocycles. The first-order valence-corrected chi connectivity index (χ1v) is 10.6. The average molecular weight is 394 g/mol. The van der Waals surface area contributed by atoms with Gasteiger partial charge in [0.25, 0.3) is 0 Å². The maximum Gasteiger partial charge on any atom is 0.224 e. The van der Waals surface area contributed by atoms with Crippen molar-refractivity contribution >= 4 is 28.9 Å². The molecule has 0 aromatic heterocycles. The van der Waals surface area contributed by atoms with Gasteiger partial charge in [0.1, 0.15) is 0 Å². The number of nitrogens with zero attached hydrogens (tertiary/aromatic N) is 1. The zero-order valence-corrected chi connectivity index (χ0v) is 17.4. The lowest BCUT2D eigenvalue weighted by Crippen LogP contribution is -2.17. The number of carbonyl (C=O) groups is 2. The van der Waals surface area contributed by atoms with E-state index in [0.29, 0.717) is 25.2 Å². The highest BCUT2D eigenvalue weighted by Gasteiger charge is 2.12. The second-order valence-electron chi connectivity index (χ2n) is 7.97. The monoisotopic (exact) mass is 393 g/mol. The van der Waals surface area contributed by atoms with Gasteiger partial charge in [-0.15, -0.1) is 0 Å². The lowest BCUT2D eigenvalue weighted by molar-refractivity contribution is -0.117. The van der Waals surface area contributed by atoms with E-state index in [1.165, 1.54) is 24.1 Å². The van der Waals surface area contributed by atoms with Crippen LogP contribution in [0.25, 0.3) is 0 Å². The van der Waals surface area contributed by atoms with Crippen molar-refractivity contribution in [2.24, 2.45) is 0 Å². The Labute approximate surface area is 173 Å². The minimum absolute atomic E-state index is 0.0620. The van der Waals surface area contributed by atoms with Crippen LogP contribution < -0.4 is 15.5 Å². The highest BCUT2D eigenvalue weighted by atomic mass is 16.2. The van der Waals surface area contributed by atoms with Crippen molar-refractivity contribution in [3.05, 3.63) is 54.1 Å². The first kappa shape index (κ1) is 20.9. The summed E-state index contributed by atoms with van der Waals surface area (Å²) in [5, 5.41) is 5.80. The maximum absolute atomic E-state index is 12.1. The first-order valence-electron chi connectivity index (χ1n) is 10.6. The first-order chi connectivity index (χ1) is 14.0. The van der Waals surface area contributed by atoms with Gasteiger partial charge >= 0.3 is 0 Å². The fraction of sp³-hybridized carbons (Fsp3) is 0.417. The van der Waals surface area contributed by atoms with Crippen LogP contribution in [0.4, 0.5) is 17.1 Å². The fourth-order valence-corrected chi connectivity index (χ4v) is 3.54. The number of hydrogen-bond donors (Lipinski definition) is 2. The van der Waals surface area contributed by atoms with Gasteiger partial charge in [-0.05, 0) is 67.1 Å². The van der Waals surface area contributed by atoms with E-state index in [1.54, 1.807) is 0 Å². The molecule has 0 spiro atoms. The van der Waals surface area contributed by atoms with Crippen molar-refractivity contribution in [3.8, 4) is 0 Å². The van der Waals surface area contributed by atoms with Gasteiger partial charge in [0.2, 0.25) is 11.8 Å². The molecule has 1 saturated heterocycles. The molecule has 29 heavy (non-hydrogen) atoms. The summed E-state index contributed by atoms with van der Waals surface area (Å²) in [6.45, 7) is 6.49. The van der Waals surface area contributed by atoms with Crippen LogP contribution in [0.15, 0.2) is 48.5 Å². The minimum Gasteiger partial charge on any atom is -0.372 e. The molecule has 1 heterocycles. The standard InChI is InChI=1S/C24H31N3O2/c1-18(2)19-8-10-20(11-9-19)25-23(28)6-5-7-24(29)26-21-12-14-22(15-13-21)27-16-3-4-17-27/h8-15,18H,3-7,16-17H2,1-2H3,(H,25,28)(H,26,29). The van der Waals surface area contributed by atoms with Crippen molar-refractivity contribution in [2.45, 2.75) is 51.9 Å². The normalized spacial score (nSPS) is 13.6. The van der Waals surface area contributed by atoms with Crippen LogP contribution in [0.1, 0.15) is 57.4 Å². The lowest BCUT2D eigenvalue weighted by atomic mass is 10.0. The van der Waals surface area contributed by atoms with E-state index in [-0.39, 0.29) is 11.8 Å². The predicted octanol–water partition coefficient (Wildman–Crippen LogP) is 5.16. The fourth-order valence-electron chi connectivity index (χ4n) is 3.54. The third-order valence-electron chi connectivity index (χ3n) is 5.29. The Kier molecular flexibility index (Phi) is 7.28. The summed E-state index contributed by atoms with van der Waals surface area (Å²) in [7, 11) is 0. The van der Waals surface area contributed by atoms with E-state index in [4.69, 9.17) is 0 Å². The molecule has 0 bridgehead atoms. The zero-order valence-electron chi connectivity index (χ0n) is 17.4. The molecule has 5 nitrogen and oxygen atoms in total. The molecule has 3 rings (SSSR count).